The van der Waals surface area contributed by atoms with Gasteiger partial charge in [0.2, 0.25) is 6.41 Å². The van der Waals surface area contributed by atoms with E-state index in [2.05, 4.69) is 13.8 Å². The number of ether oxygens (including phenoxy) is 1. The molecule has 0 fully saturated rings. The van der Waals surface area contributed by atoms with Crippen molar-refractivity contribution in [3.8, 4) is 0 Å². The van der Waals surface area contributed by atoms with Gasteiger partial charge < -0.3 is 9.84 Å². The van der Waals surface area contributed by atoms with Crippen LogP contribution in [-0.2, 0) is 14.4 Å². The molecule has 1 N–H and O–H groups in total. The number of hydroxylamine groups is 2. The lowest BCUT2D eigenvalue weighted by Crippen LogP contribution is -2.28. The first-order valence-corrected chi connectivity index (χ1v) is 7.35. The standard InChI is InChI=1S/C14H29NO4/c1-3-5-11-18-14(8-10-16)7-9-15(13-17)19-12-6-4-2/h13-14,16H,3-12H2,1-2H3/t14-/m0/s1. The van der Waals surface area contributed by atoms with Crippen LogP contribution in [0.15, 0.2) is 0 Å². The zero-order chi connectivity index (χ0) is 14.3. The summed E-state index contributed by atoms with van der Waals surface area (Å²) in [5, 5.41) is 10.3. The monoisotopic (exact) mass is 275 g/mol. The van der Waals surface area contributed by atoms with Gasteiger partial charge in [0, 0.05) is 13.2 Å². The quantitative estimate of drug-likeness (QED) is 0.300. The molecule has 0 aromatic heterocycles. The van der Waals surface area contributed by atoms with E-state index in [-0.39, 0.29) is 12.7 Å². The molecular formula is C14H29NO4. The first kappa shape index (κ1) is 18.4. The molecule has 0 aromatic carbocycles. The maximum absolute atomic E-state index is 10.8. The predicted octanol–water partition coefficient (Wildman–Crippen LogP) is 2.13. The fourth-order valence-electron chi connectivity index (χ4n) is 1.59. The van der Waals surface area contributed by atoms with Crippen molar-refractivity contribution in [1.82, 2.24) is 5.06 Å². The summed E-state index contributed by atoms with van der Waals surface area (Å²) in [6.07, 6.45) is 6.09. The Morgan fingerprint density at radius 2 is 1.84 bits per heavy atom. The molecular weight excluding hydrogens is 246 g/mol. The van der Waals surface area contributed by atoms with Crippen molar-refractivity contribution >= 4 is 6.41 Å². The molecule has 0 saturated heterocycles. The van der Waals surface area contributed by atoms with Crippen LogP contribution in [0.3, 0.4) is 0 Å². The number of aliphatic hydroxyl groups excluding tert-OH is 1. The molecule has 0 radical (unpaired) electrons. The lowest BCUT2D eigenvalue weighted by molar-refractivity contribution is -0.174. The second-order valence-corrected chi connectivity index (χ2v) is 4.58. The zero-order valence-electron chi connectivity index (χ0n) is 12.3. The molecule has 19 heavy (non-hydrogen) atoms. The Bertz CT molecular complexity index is 202. The molecule has 114 valence electrons. The molecule has 5 heteroatoms. The molecule has 0 aliphatic heterocycles. The van der Waals surface area contributed by atoms with Crippen molar-refractivity contribution in [1.29, 1.82) is 0 Å². The van der Waals surface area contributed by atoms with Gasteiger partial charge in [-0.2, -0.15) is 0 Å². The summed E-state index contributed by atoms with van der Waals surface area (Å²) < 4.78 is 5.69. The summed E-state index contributed by atoms with van der Waals surface area (Å²) in [4.78, 5) is 16.2. The van der Waals surface area contributed by atoms with Crippen LogP contribution in [0.25, 0.3) is 0 Å². The van der Waals surface area contributed by atoms with E-state index in [1.165, 1.54) is 5.06 Å². The Morgan fingerprint density at radius 1 is 1.16 bits per heavy atom. The average Bonchev–Trinajstić information content (AvgIpc) is 2.42. The van der Waals surface area contributed by atoms with Crippen LogP contribution in [0.4, 0.5) is 0 Å². The Kier molecular flexibility index (Phi) is 13.3. The molecule has 0 bridgehead atoms. The van der Waals surface area contributed by atoms with Crippen LogP contribution in [-0.4, -0.2) is 49.0 Å². The number of aliphatic hydroxyl groups is 1. The summed E-state index contributed by atoms with van der Waals surface area (Å²) in [5.41, 5.74) is 0. The van der Waals surface area contributed by atoms with Crippen LogP contribution < -0.4 is 0 Å². The van der Waals surface area contributed by atoms with E-state index in [1.54, 1.807) is 0 Å². The lowest BCUT2D eigenvalue weighted by atomic mass is 10.2. The maximum atomic E-state index is 10.8. The van der Waals surface area contributed by atoms with E-state index < -0.39 is 0 Å². The van der Waals surface area contributed by atoms with Gasteiger partial charge >= 0.3 is 0 Å². The van der Waals surface area contributed by atoms with Crippen LogP contribution in [0.1, 0.15) is 52.4 Å². The van der Waals surface area contributed by atoms with Gasteiger partial charge in [-0.25, -0.2) is 5.06 Å². The summed E-state index contributed by atoms with van der Waals surface area (Å²) in [6, 6.07) is 0. The third-order valence-electron chi connectivity index (χ3n) is 2.85. The van der Waals surface area contributed by atoms with Gasteiger partial charge in [0.25, 0.3) is 0 Å². The SMILES string of the molecule is CCCCO[C@H](CCO)CCN(C=O)OCCCC. The summed E-state index contributed by atoms with van der Waals surface area (Å²) >= 11 is 0. The van der Waals surface area contributed by atoms with E-state index in [0.29, 0.717) is 39.0 Å². The topological polar surface area (TPSA) is 59.0 Å². The van der Waals surface area contributed by atoms with Gasteiger partial charge in [0.1, 0.15) is 0 Å². The van der Waals surface area contributed by atoms with E-state index in [4.69, 9.17) is 14.7 Å². The number of carbonyl (C=O) groups excluding carboxylic acids is 1. The van der Waals surface area contributed by atoms with Gasteiger partial charge in [-0.15, -0.1) is 0 Å². The van der Waals surface area contributed by atoms with Gasteiger partial charge in [-0.3, -0.25) is 9.63 Å². The number of unbranched alkanes of at least 4 members (excludes halogenated alkanes) is 2. The van der Waals surface area contributed by atoms with Crippen LogP contribution >= 0.6 is 0 Å². The fourth-order valence-corrected chi connectivity index (χ4v) is 1.59. The van der Waals surface area contributed by atoms with Gasteiger partial charge in [-0.1, -0.05) is 26.7 Å². The molecule has 0 heterocycles. The van der Waals surface area contributed by atoms with Crippen LogP contribution in [0.5, 0.6) is 0 Å². The molecule has 0 rings (SSSR count). The fraction of sp³-hybridized carbons (Fsp3) is 0.929. The molecule has 5 nitrogen and oxygen atoms in total. The second kappa shape index (κ2) is 13.8. The summed E-state index contributed by atoms with van der Waals surface area (Å²) in [5.74, 6) is 0. The minimum absolute atomic E-state index is 0.00576. The summed E-state index contributed by atoms with van der Waals surface area (Å²) in [6.45, 7) is 6.07. The smallest absolute Gasteiger partial charge is 0.233 e. The third-order valence-corrected chi connectivity index (χ3v) is 2.85. The Balaban J connectivity index is 3.87. The number of hydrogen-bond acceptors (Lipinski definition) is 4. The van der Waals surface area contributed by atoms with E-state index >= 15 is 0 Å². The van der Waals surface area contributed by atoms with E-state index in [0.717, 1.165) is 25.7 Å². The van der Waals surface area contributed by atoms with Gasteiger partial charge in [-0.05, 0) is 25.7 Å². The number of amides is 1. The Hall–Kier alpha value is -0.650. The van der Waals surface area contributed by atoms with Crippen molar-refractivity contribution in [3.05, 3.63) is 0 Å². The molecule has 0 unspecified atom stereocenters. The number of nitrogens with zero attached hydrogens (tertiary/aromatic N) is 1. The highest BCUT2D eigenvalue weighted by Gasteiger charge is 2.11. The number of hydrogen-bond donors (Lipinski definition) is 1. The first-order chi connectivity index (χ1) is 9.28. The lowest BCUT2D eigenvalue weighted by Gasteiger charge is -2.21. The molecule has 0 aromatic rings. The largest absolute Gasteiger partial charge is 0.396 e. The molecule has 0 saturated carbocycles. The van der Waals surface area contributed by atoms with Crippen molar-refractivity contribution in [2.24, 2.45) is 0 Å². The Labute approximate surface area is 116 Å². The molecule has 1 atom stereocenters. The van der Waals surface area contributed by atoms with Crippen molar-refractivity contribution in [2.75, 3.05) is 26.4 Å². The number of rotatable bonds is 14. The van der Waals surface area contributed by atoms with Crippen molar-refractivity contribution < 1.29 is 19.5 Å². The molecule has 0 aliphatic rings. The second-order valence-electron chi connectivity index (χ2n) is 4.58. The molecule has 0 spiro atoms. The van der Waals surface area contributed by atoms with E-state index in [9.17, 15) is 4.79 Å². The summed E-state index contributed by atoms with van der Waals surface area (Å²) in [7, 11) is 0. The van der Waals surface area contributed by atoms with Crippen molar-refractivity contribution in [3.63, 3.8) is 0 Å². The minimum Gasteiger partial charge on any atom is -0.396 e. The van der Waals surface area contributed by atoms with E-state index in [1.807, 2.05) is 0 Å². The average molecular weight is 275 g/mol. The minimum atomic E-state index is -0.00576. The predicted molar refractivity (Wildman–Crippen MR) is 74.6 cm³/mol. The number of carbonyl (C=O) groups is 1. The van der Waals surface area contributed by atoms with Crippen LogP contribution in [0, 0.1) is 0 Å². The first-order valence-electron chi connectivity index (χ1n) is 7.35. The van der Waals surface area contributed by atoms with Crippen molar-refractivity contribution in [2.45, 2.75) is 58.5 Å². The highest BCUT2D eigenvalue weighted by atomic mass is 16.7. The molecule has 1 amide bonds. The van der Waals surface area contributed by atoms with Gasteiger partial charge in [0.05, 0.1) is 19.3 Å². The zero-order valence-corrected chi connectivity index (χ0v) is 12.3. The molecule has 0 aliphatic carbocycles. The highest BCUT2D eigenvalue weighted by Crippen LogP contribution is 2.07. The highest BCUT2D eigenvalue weighted by molar-refractivity contribution is 5.44. The Morgan fingerprint density at radius 3 is 2.42 bits per heavy atom. The van der Waals surface area contributed by atoms with Crippen LogP contribution in [0.2, 0.25) is 0 Å². The maximum Gasteiger partial charge on any atom is 0.233 e. The normalized spacial score (nSPS) is 12.4. The van der Waals surface area contributed by atoms with Gasteiger partial charge in [0.15, 0.2) is 0 Å². The third kappa shape index (κ3) is 10.9.